The minimum absolute atomic E-state index is 0.0730. The molecule has 112 valence electrons. The molecule has 1 aliphatic rings. The molecule has 1 amide bonds. The van der Waals surface area contributed by atoms with Crippen LogP contribution in [0.5, 0.6) is 0 Å². The van der Waals surface area contributed by atoms with Crippen molar-refractivity contribution in [2.75, 3.05) is 6.54 Å². The van der Waals surface area contributed by atoms with Crippen LogP contribution in [0.2, 0.25) is 0 Å². The lowest BCUT2D eigenvalue weighted by Gasteiger charge is -2.26. The summed E-state index contributed by atoms with van der Waals surface area (Å²) in [7, 11) is 0. The van der Waals surface area contributed by atoms with Crippen LogP contribution in [0.25, 0.3) is 0 Å². The van der Waals surface area contributed by atoms with Gasteiger partial charge in [-0.25, -0.2) is 0 Å². The maximum atomic E-state index is 11.9. The zero-order valence-electron chi connectivity index (χ0n) is 12.8. The van der Waals surface area contributed by atoms with Crippen LogP contribution in [0.3, 0.4) is 0 Å². The van der Waals surface area contributed by atoms with Gasteiger partial charge in [-0.2, -0.15) is 5.26 Å². The molecule has 1 aromatic rings. The molecule has 0 unspecified atom stereocenters. The van der Waals surface area contributed by atoms with Gasteiger partial charge < -0.3 is 5.32 Å². The van der Waals surface area contributed by atoms with Crippen molar-refractivity contribution in [3.05, 3.63) is 35.4 Å². The second-order valence-electron chi connectivity index (χ2n) is 6.25. The van der Waals surface area contributed by atoms with E-state index in [0.717, 1.165) is 30.4 Å². The lowest BCUT2D eigenvalue weighted by Crippen LogP contribution is -2.28. The number of rotatable bonds is 5. The van der Waals surface area contributed by atoms with Crippen molar-refractivity contribution in [3.8, 4) is 6.07 Å². The molecule has 0 saturated heterocycles. The highest BCUT2D eigenvalue weighted by Gasteiger charge is 2.17. The Kier molecular flexibility index (Phi) is 5.80. The average Bonchev–Trinajstić information content (AvgIpc) is 2.50. The summed E-state index contributed by atoms with van der Waals surface area (Å²) in [6.45, 7) is 3.11. The van der Waals surface area contributed by atoms with E-state index in [-0.39, 0.29) is 5.91 Å². The maximum absolute atomic E-state index is 11.9. The number of nitriles is 1. The van der Waals surface area contributed by atoms with Crippen LogP contribution in [0.1, 0.15) is 50.2 Å². The Hall–Kier alpha value is -1.82. The predicted octanol–water partition coefficient (Wildman–Crippen LogP) is 3.43. The van der Waals surface area contributed by atoms with Crippen LogP contribution in [-0.4, -0.2) is 12.5 Å². The molecule has 0 radical (unpaired) electrons. The summed E-state index contributed by atoms with van der Waals surface area (Å²) >= 11 is 0. The van der Waals surface area contributed by atoms with Crippen LogP contribution in [0.15, 0.2) is 24.3 Å². The molecule has 0 aromatic heterocycles. The van der Waals surface area contributed by atoms with Gasteiger partial charge in [-0.15, -0.1) is 0 Å². The number of hydrogen-bond acceptors (Lipinski definition) is 2. The Morgan fingerprint density at radius 3 is 2.52 bits per heavy atom. The molecule has 3 heteroatoms. The smallest absolute Gasteiger partial charge is 0.224 e. The molecular weight excluding hydrogens is 260 g/mol. The summed E-state index contributed by atoms with van der Waals surface area (Å²) in [6, 6.07) is 9.29. The fourth-order valence-corrected chi connectivity index (χ4v) is 2.98. The molecule has 0 aliphatic heterocycles. The second kappa shape index (κ2) is 7.83. The van der Waals surface area contributed by atoms with E-state index in [4.69, 9.17) is 5.26 Å². The highest BCUT2D eigenvalue weighted by atomic mass is 16.1. The first-order valence-electron chi connectivity index (χ1n) is 7.93. The molecule has 1 fully saturated rings. The van der Waals surface area contributed by atoms with Crippen LogP contribution in [0, 0.1) is 23.2 Å². The molecule has 1 N–H and O–H groups in total. The molecule has 1 aliphatic carbocycles. The van der Waals surface area contributed by atoms with Crippen LogP contribution >= 0.6 is 0 Å². The van der Waals surface area contributed by atoms with Gasteiger partial charge in [0.15, 0.2) is 0 Å². The van der Waals surface area contributed by atoms with Crippen LogP contribution < -0.4 is 5.32 Å². The van der Waals surface area contributed by atoms with Gasteiger partial charge in [0.25, 0.3) is 0 Å². The number of nitrogens with one attached hydrogen (secondary N) is 1. The number of hydrogen-bond donors (Lipinski definition) is 1. The van der Waals surface area contributed by atoms with Crippen molar-refractivity contribution in [1.29, 1.82) is 5.26 Å². The predicted molar refractivity (Wildman–Crippen MR) is 83.6 cm³/mol. The average molecular weight is 284 g/mol. The summed E-state index contributed by atoms with van der Waals surface area (Å²) in [5.74, 6) is 1.74. The Labute approximate surface area is 127 Å². The summed E-state index contributed by atoms with van der Waals surface area (Å²) in [6.07, 6.45) is 6.80. The third-order valence-electron chi connectivity index (χ3n) is 4.46. The molecule has 1 saturated carbocycles. The maximum Gasteiger partial charge on any atom is 0.224 e. The van der Waals surface area contributed by atoms with Gasteiger partial charge in [0.05, 0.1) is 18.1 Å². The number of nitrogens with zero attached hydrogens (tertiary/aromatic N) is 1. The highest BCUT2D eigenvalue weighted by Crippen LogP contribution is 2.29. The summed E-state index contributed by atoms with van der Waals surface area (Å²) < 4.78 is 0. The standard InChI is InChI=1S/C18H24N2O/c1-14-2-4-15(5-3-14)10-11-20-18(21)12-16-6-8-17(13-19)9-7-16/h6-9,14-15H,2-5,10-12H2,1H3,(H,20,21). The zero-order chi connectivity index (χ0) is 15.1. The number of amides is 1. The lowest BCUT2D eigenvalue weighted by atomic mass is 9.81. The fourth-order valence-electron chi connectivity index (χ4n) is 2.98. The van der Waals surface area contributed by atoms with E-state index in [0.29, 0.717) is 12.0 Å². The third-order valence-corrected chi connectivity index (χ3v) is 4.46. The molecule has 21 heavy (non-hydrogen) atoms. The molecule has 0 bridgehead atoms. The third kappa shape index (κ3) is 5.23. The molecule has 0 heterocycles. The van der Waals surface area contributed by atoms with Crippen LogP contribution in [-0.2, 0) is 11.2 Å². The summed E-state index contributed by atoms with van der Waals surface area (Å²) in [5, 5.41) is 11.8. The Morgan fingerprint density at radius 1 is 1.24 bits per heavy atom. The van der Waals surface area contributed by atoms with E-state index >= 15 is 0 Å². The van der Waals surface area contributed by atoms with E-state index < -0.39 is 0 Å². The first-order chi connectivity index (χ1) is 10.2. The van der Waals surface area contributed by atoms with E-state index in [1.54, 1.807) is 12.1 Å². The van der Waals surface area contributed by atoms with Gasteiger partial charge in [0.1, 0.15) is 0 Å². The zero-order valence-corrected chi connectivity index (χ0v) is 12.8. The SMILES string of the molecule is CC1CCC(CCNC(=O)Cc2ccc(C#N)cc2)CC1. The summed E-state index contributed by atoms with van der Waals surface area (Å²) in [4.78, 5) is 11.9. The van der Waals surface area contributed by atoms with E-state index in [1.807, 2.05) is 12.1 Å². The molecule has 2 rings (SSSR count). The van der Waals surface area contributed by atoms with Gasteiger partial charge in [-0.1, -0.05) is 44.7 Å². The largest absolute Gasteiger partial charge is 0.356 e. The second-order valence-corrected chi connectivity index (χ2v) is 6.25. The minimum atomic E-state index is 0.0730. The topological polar surface area (TPSA) is 52.9 Å². The van der Waals surface area contributed by atoms with Crippen molar-refractivity contribution < 1.29 is 4.79 Å². The first-order valence-corrected chi connectivity index (χ1v) is 7.93. The van der Waals surface area contributed by atoms with E-state index in [1.165, 1.54) is 25.7 Å². The van der Waals surface area contributed by atoms with Crippen molar-refractivity contribution in [1.82, 2.24) is 5.32 Å². The van der Waals surface area contributed by atoms with Gasteiger partial charge in [-0.3, -0.25) is 4.79 Å². The van der Waals surface area contributed by atoms with E-state index in [9.17, 15) is 4.79 Å². The molecule has 0 spiro atoms. The normalized spacial score (nSPS) is 21.5. The van der Waals surface area contributed by atoms with Crippen molar-refractivity contribution in [3.63, 3.8) is 0 Å². The number of carbonyl (C=O) groups is 1. The molecule has 1 aromatic carbocycles. The Morgan fingerprint density at radius 2 is 1.90 bits per heavy atom. The van der Waals surface area contributed by atoms with Gasteiger partial charge in [0.2, 0.25) is 5.91 Å². The van der Waals surface area contributed by atoms with E-state index in [2.05, 4.69) is 18.3 Å². The van der Waals surface area contributed by atoms with Crippen molar-refractivity contribution in [2.45, 2.75) is 45.4 Å². The van der Waals surface area contributed by atoms with Crippen LogP contribution in [0.4, 0.5) is 0 Å². The summed E-state index contributed by atoms with van der Waals surface area (Å²) in [5.41, 5.74) is 1.59. The molecular formula is C18H24N2O. The quantitative estimate of drug-likeness (QED) is 0.900. The molecule has 3 nitrogen and oxygen atoms in total. The Bertz CT molecular complexity index is 493. The van der Waals surface area contributed by atoms with Gasteiger partial charge in [-0.05, 0) is 36.0 Å². The van der Waals surface area contributed by atoms with Gasteiger partial charge >= 0.3 is 0 Å². The highest BCUT2D eigenvalue weighted by molar-refractivity contribution is 5.78. The van der Waals surface area contributed by atoms with Crippen molar-refractivity contribution >= 4 is 5.91 Å². The van der Waals surface area contributed by atoms with Gasteiger partial charge in [0, 0.05) is 6.54 Å². The number of carbonyl (C=O) groups excluding carboxylic acids is 1. The number of benzene rings is 1. The lowest BCUT2D eigenvalue weighted by molar-refractivity contribution is -0.120. The fraction of sp³-hybridized carbons (Fsp3) is 0.556. The van der Waals surface area contributed by atoms with Crippen molar-refractivity contribution in [2.24, 2.45) is 11.8 Å². The minimum Gasteiger partial charge on any atom is -0.356 e. The molecule has 0 atom stereocenters. The monoisotopic (exact) mass is 284 g/mol. The first kappa shape index (κ1) is 15.6. The Balaban J connectivity index is 1.66.